The molecule has 130 valence electrons. The van der Waals surface area contributed by atoms with Gasteiger partial charge in [0, 0.05) is 13.0 Å². The number of anilines is 1. The molecule has 5 heteroatoms. The maximum absolute atomic E-state index is 12.5. The molecular weight excluding hydrogens is 318 g/mol. The topological polar surface area (TPSA) is 55.8 Å². The third kappa shape index (κ3) is 3.50. The summed E-state index contributed by atoms with van der Waals surface area (Å²) < 4.78 is 10.8. The summed E-state index contributed by atoms with van der Waals surface area (Å²) in [5.41, 5.74) is 2.69. The monoisotopic (exact) mass is 339 g/mol. The summed E-state index contributed by atoms with van der Waals surface area (Å²) in [5, 5.41) is 0. The predicted octanol–water partition coefficient (Wildman–Crippen LogP) is 3.27. The molecule has 0 N–H and O–H groups in total. The van der Waals surface area contributed by atoms with E-state index in [1.54, 1.807) is 24.1 Å². The van der Waals surface area contributed by atoms with Crippen LogP contribution in [0.3, 0.4) is 0 Å². The number of hydrogen-bond donors (Lipinski definition) is 0. The number of carbonyl (C=O) groups is 2. The molecule has 3 rings (SSSR count). The lowest BCUT2D eigenvalue weighted by Gasteiger charge is -2.19. The number of aryl methyl sites for hydroxylation is 2. The molecule has 0 spiro atoms. The molecule has 1 fully saturated rings. The van der Waals surface area contributed by atoms with Crippen LogP contribution < -0.4 is 14.4 Å². The van der Waals surface area contributed by atoms with Gasteiger partial charge in [-0.1, -0.05) is 29.8 Å². The van der Waals surface area contributed by atoms with Gasteiger partial charge >= 0.3 is 5.97 Å². The molecule has 25 heavy (non-hydrogen) atoms. The number of carbonyl (C=O) groups excluding carboxylic acids is 2. The summed E-state index contributed by atoms with van der Waals surface area (Å²) in [6.07, 6.45) is 0.141. The minimum Gasteiger partial charge on any atom is -0.495 e. The lowest BCUT2D eigenvalue weighted by molar-refractivity contribution is -0.139. The summed E-state index contributed by atoms with van der Waals surface area (Å²) in [7, 11) is 1.56. The summed E-state index contributed by atoms with van der Waals surface area (Å²) in [6.45, 7) is 4.18. The number of ether oxygens (including phenoxy) is 2. The van der Waals surface area contributed by atoms with Gasteiger partial charge in [-0.15, -0.1) is 0 Å². The Labute approximate surface area is 147 Å². The van der Waals surface area contributed by atoms with Gasteiger partial charge in [-0.05, 0) is 37.6 Å². The fourth-order valence-corrected chi connectivity index (χ4v) is 3.06. The molecule has 1 saturated heterocycles. The Kier molecular flexibility index (Phi) is 4.74. The second kappa shape index (κ2) is 6.97. The highest BCUT2D eigenvalue weighted by Crippen LogP contribution is 2.33. The summed E-state index contributed by atoms with van der Waals surface area (Å²) >= 11 is 0. The number of nitrogens with zero attached hydrogens (tertiary/aromatic N) is 1. The number of esters is 1. The molecule has 2 aromatic carbocycles. The summed E-state index contributed by atoms with van der Waals surface area (Å²) in [6, 6.07) is 12.9. The zero-order valence-corrected chi connectivity index (χ0v) is 14.6. The molecule has 1 aliphatic rings. The van der Waals surface area contributed by atoms with Crippen molar-refractivity contribution in [1.29, 1.82) is 0 Å². The predicted molar refractivity (Wildman–Crippen MR) is 95.0 cm³/mol. The highest BCUT2D eigenvalue weighted by molar-refractivity contribution is 6.00. The third-order valence-corrected chi connectivity index (χ3v) is 4.38. The van der Waals surface area contributed by atoms with Crippen LogP contribution in [-0.4, -0.2) is 25.5 Å². The van der Waals surface area contributed by atoms with E-state index in [1.165, 1.54) is 0 Å². The zero-order chi connectivity index (χ0) is 18.0. The van der Waals surface area contributed by atoms with Gasteiger partial charge in [0.05, 0.1) is 18.7 Å². The van der Waals surface area contributed by atoms with Crippen LogP contribution in [0, 0.1) is 19.8 Å². The number of amides is 1. The Balaban J connectivity index is 1.74. The minimum absolute atomic E-state index is 0.105. The molecule has 5 nitrogen and oxygen atoms in total. The first kappa shape index (κ1) is 17.0. The van der Waals surface area contributed by atoms with Crippen LogP contribution in [0.1, 0.15) is 17.5 Å². The average Bonchev–Trinajstić information content (AvgIpc) is 2.99. The minimum atomic E-state index is -0.488. The fraction of sp³-hybridized carbons (Fsp3) is 0.300. The molecule has 1 heterocycles. The summed E-state index contributed by atoms with van der Waals surface area (Å²) in [5.74, 6) is 0.181. The maximum Gasteiger partial charge on any atom is 0.316 e. The Morgan fingerprint density at radius 3 is 2.60 bits per heavy atom. The number of para-hydroxylation sites is 2. The van der Waals surface area contributed by atoms with E-state index in [1.807, 2.05) is 44.2 Å². The van der Waals surface area contributed by atoms with E-state index in [4.69, 9.17) is 9.47 Å². The molecule has 1 unspecified atom stereocenters. The highest BCUT2D eigenvalue weighted by atomic mass is 16.5. The normalized spacial score (nSPS) is 16.8. The van der Waals surface area contributed by atoms with E-state index in [2.05, 4.69) is 0 Å². The molecule has 2 aromatic rings. The first-order chi connectivity index (χ1) is 12.0. The van der Waals surface area contributed by atoms with E-state index in [0.29, 0.717) is 23.7 Å². The van der Waals surface area contributed by atoms with Gasteiger partial charge in [-0.3, -0.25) is 9.59 Å². The molecular formula is C20H21NO4. The Morgan fingerprint density at radius 2 is 1.88 bits per heavy atom. The Hall–Kier alpha value is -2.82. The fourth-order valence-electron chi connectivity index (χ4n) is 3.06. The van der Waals surface area contributed by atoms with Gasteiger partial charge in [0.25, 0.3) is 0 Å². The number of benzene rings is 2. The van der Waals surface area contributed by atoms with Crippen LogP contribution in [0.2, 0.25) is 0 Å². The van der Waals surface area contributed by atoms with Gasteiger partial charge in [-0.25, -0.2) is 0 Å². The third-order valence-electron chi connectivity index (χ3n) is 4.38. The molecule has 0 aliphatic carbocycles. The van der Waals surface area contributed by atoms with Crippen molar-refractivity contribution in [1.82, 2.24) is 0 Å². The van der Waals surface area contributed by atoms with Crippen molar-refractivity contribution in [3.05, 3.63) is 53.6 Å². The molecule has 0 bridgehead atoms. The largest absolute Gasteiger partial charge is 0.495 e. The molecule has 1 amide bonds. The van der Waals surface area contributed by atoms with Crippen molar-refractivity contribution in [3.63, 3.8) is 0 Å². The van der Waals surface area contributed by atoms with Crippen LogP contribution in [0.4, 0.5) is 5.69 Å². The smallest absolute Gasteiger partial charge is 0.316 e. The van der Waals surface area contributed by atoms with Gasteiger partial charge in [0.1, 0.15) is 11.5 Å². The van der Waals surface area contributed by atoms with E-state index < -0.39 is 5.92 Å². The quantitative estimate of drug-likeness (QED) is 0.634. The first-order valence-electron chi connectivity index (χ1n) is 8.22. The first-order valence-corrected chi connectivity index (χ1v) is 8.22. The number of methoxy groups -OCH3 is 1. The van der Waals surface area contributed by atoms with Crippen molar-refractivity contribution >= 4 is 17.6 Å². The van der Waals surface area contributed by atoms with E-state index in [-0.39, 0.29) is 18.3 Å². The van der Waals surface area contributed by atoms with Crippen molar-refractivity contribution in [2.75, 3.05) is 18.6 Å². The zero-order valence-electron chi connectivity index (χ0n) is 14.6. The van der Waals surface area contributed by atoms with Gasteiger partial charge in [-0.2, -0.15) is 0 Å². The van der Waals surface area contributed by atoms with Crippen molar-refractivity contribution in [2.24, 2.45) is 5.92 Å². The second-order valence-corrected chi connectivity index (χ2v) is 6.27. The van der Waals surface area contributed by atoms with E-state index in [0.717, 1.165) is 11.1 Å². The van der Waals surface area contributed by atoms with Crippen molar-refractivity contribution < 1.29 is 19.1 Å². The standard InChI is InChI=1S/C20H21NO4/c1-13-8-9-17(14(2)10-13)25-20(23)15-11-19(22)21(12-15)16-6-4-5-7-18(16)24-3/h4-10,15H,11-12H2,1-3H3. The van der Waals surface area contributed by atoms with Crippen molar-refractivity contribution in [2.45, 2.75) is 20.3 Å². The van der Waals surface area contributed by atoms with Crippen molar-refractivity contribution in [3.8, 4) is 11.5 Å². The van der Waals surface area contributed by atoms with Crippen LogP contribution in [0.15, 0.2) is 42.5 Å². The Bertz CT molecular complexity index is 815. The number of hydrogen-bond acceptors (Lipinski definition) is 4. The summed E-state index contributed by atoms with van der Waals surface area (Å²) in [4.78, 5) is 26.5. The van der Waals surface area contributed by atoms with Crippen LogP contribution in [0.25, 0.3) is 0 Å². The molecule has 1 aliphatic heterocycles. The second-order valence-electron chi connectivity index (χ2n) is 6.27. The lowest BCUT2D eigenvalue weighted by Crippen LogP contribution is -2.27. The number of rotatable bonds is 4. The Morgan fingerprint density at radius 1 is 1.12 bits per heavy atom. The van der Waals surface area contributed by atoms with E-state index in [9.17, 15) is 9.59 Å². The van der Waals surface area contributed by atoms with Crippen LogP contribution >= 0.6 is 0 Å². The molecule has 1 atom stereocenters. The van der Waals surface area contributed by atoms with Gasteiger partial charge in [0.15, 0.2) is 0 Å². The molecule has 0 radical (unpaired) electrons. The maximum atomic E-state index is 12.5. The molecule has 0 saturated carbocycles. The highest BCUT2D eigenvalue weighted by Gasteiger charge is 2.37. The average molecular weight is 339 g/mol. The van der Waals surface area contributed by atoms with Crippen LogP contribution in [-0.2, 0) is 9.59 Å². The van der Waals surface area contributed by atoms with Gasteiger partial charge in [0.2, 0.25) is 5.91 Å². The van der Waals surface area contributed by atoms with Gasteiger partial charge < -0.3 is 14.4 Å². The van der Waals surface area contributed by atoms with E-state index >= 15 is 0 Å². The SMILES string of the molecule is COc1ccccc1N1CC(C(=O)Oc2ccc(C)cc2C)CC1=O. The van der Waals surface area contributed by atoms with Crippen LogP contribution in [0.5, 0.6) is 11.5 Å². The lowest BCUT2D eigenvalue weighted by atomic mass is 10.1. The molecule has 0 aromatic heterocycles.